The highest BCUT2D eigenvalue weighted by molar-refractivity contribution is 7.99. The van der Waals surface area contributed by atoms with Gasteiger partial charge in [-0.2, -0.15) is 0 Å². The molecule has 0 saturated heterocycles. The molecule has 0 aliphatic carbocycles. The Morgan fingerprint density at radius 1 is 1.08 bits per heavy atom. The number of benzene rings is 2. The molecule has 0 saturated carbocycles. The first-order valence-electron chi connectivity index (χ1n) is 8.59. The molecule has 2 aromatic carbocycles. The lowest BCUT2D eigenvalue weighted by Crippen LogP contribution is -2.28. The van der Waals surface area contributed by atoms with Gasteiger partial charge in [0.05, 0.1) is 11.8 Å². The predicted octanol–water partition coefficient (Wildman–Crippen LogP) is 6.40. The smallest absolute Gasteiger partial charge is 0.230 e. The average Bonchev–Trinajstić information content (AvgIpc) is 2.57. The third-order valence-electron chi connectivity index (χ3n) is 4.20. The summed E-state index contributed by atoms with van der Waals surface area (Å²) in [5.74, 6) is 0.984. The number of halogens is 2. The fourth-order valence-corrected chi connectivity index (χ4v) is 4.13. The molecule has 2 nitrogen and oxygen atoms in total. The summed E-state index contributed by atoms with van der Waals surface area (Å²) in [6.45, 7) is 8.57. The van der Waals surface area contributed by atoms with Crippen LogP contribution in [0.1, 0.15) is 50.4 Å². The van der Waals surface area contributed by atoms with Gasteiger partial charge in [0.25, 0.3) is 0 Å². The van der Waals surface area contributed by atoms with E-state index in [0.29, 0.717) is 21.6 Å². The molecule has 2 rings (SSSR count). The van der Waals surface area contributed by atoms with Gasteiger partial charge in [0.2, 0.25) is 5.91 Å². The van der Waals surface area contributed by atoms with Crippen LogP contribution >= 0.6 is 35.0 Å². The van der Waals surface area contributed by atoms with E-state index in [1.807, 2.05) is 25.1 Å². The van der Waals surface area contributed by atoms with Gasteiger partial charge in [0.15, 0.2) is 0 Å². The van der Waals surface area contributed by atoms with Crippen molar-refractivity contribution in [3.8, 4) is 0 Å². The Morgan fingerprint density at radius 3 is 2.19 bits per heavy atom. The van der Waals surface area contributed by atoms with Crippen molar-refractivity contribution < 1.29 is 4.79 Å². The molecule has 0 aromatic heterocycles. The van der Waals surface area contributed by atoms with Crippen LogP contribution in [0.4, 0.5) is 0 Å². The lowest BCUT2D eigenvalue weighted by atomic mass is 9.86. The molecule has 0 radical (unpaired) electrons. The van der Waals surface area contributed by atoms with Crippen LogP contribution in [-0.2, 0) is 16.0 Å². The van der Waals surface area contributed by atoms with Crippen LogP contribution in [0.25, 0.3) is 0 Å². The highest BCUT2D eigenvalue weighted by Crippen LogP contribution is 2.28. The second-order valence-corrected chi connectivity index (χ2v) is 9.15. The Balaban J connectivity index is 1.85. The van der Waals surface area contributed by atoms with E-state index in [1.165, 1.54) is 17.3 Å². The first-order chi connectivity index (χ1) is 12.2. The van der Waals surface area contributed by atoms with Gasteiger partial charge < -0.3 is 5.32 Å². The topological polar surface area (TPSA) is 29.1 Å². The molecule has 2 aromatic rings. The molecule has 0 aliphatic heterocycles. The molecular weight excluding hydrogens is 385 g/mol. The van der Waals surface area contributed by atoms with Crippen molar-refractivity contribution in [2.24, 2.45) is 0 Å². The van der Waals surface area contributed by atoms with Gasteiger partial charge in [-0.3, -0.25) is 4.79 Å². The van der Waals surface area contributed by atoms with Crippen LogP contribution in [0, 0.1) is 0 Å². The Labute approximate surface area is 170 Å². The van der Waals surface area contributed by atoms with Crippen molar-refractivity contribution >= 4 is 40.9 Å². The van der Waals surface area contributed by atoms with E-state index >= 15 is 0 Å². The van der Waals surface area contributed by atoms with Crippen LogP contribution < -0.4 is 5.32 Å². The molecule has 1 N–H and O–H groups in total. The zero-order chi connectivity index (χ0) is 19.3. The standard InChI is InChI=1S/C21H25Cl2NOS/c1-14(15-8-10-16(11-9-15)21(2,3)4)24-20(25)13-26-12-17-18(22)6-5-7-19(17)23/h5-11,14H,12-13H2,1-4H3,(H,24,25)/t14-/m0/s1. The van der Waals surface area contributed by atoms with Crippen molar-refractivity contribution in [2.75, 3.05) is 5.75 Å². The fourth-order valence-electron chi connectivity index (χ4n) is 2.55. The number of nitrogens with one attached hydrogen (secondary N) is 1. The second kappa shape index (κ2) is 9.16. The summed E-state index contributed by atoms with van der Waals surface area (Å²) in [5, 5.41) is 4.32. The Morgan fingerprint density at radius 2 is 1.65 bits per heavy atom. The van der Waals surface area contributed by atoms with E-state index in [4.69, 9.17) is 23.2 Å². The molecule has 0 unspecified atom stereocenters. The lowest BCUT2D eigenvalue weighted by Gasteiger charge is -2.20. The SMILES string of the molecule is C[C@H](NC(=O)CSCc1c(Cl)cccc1Cl)c1ccc(C(C)(C)C)cc1. The van der Waals surface area contributed by atoms with Crippen molar-refractivity contribution in [1.82, 2.24) is 5.32 Å². The van der Waals surface area contributed by atoms with E-state index in [2.05, 4.69) is 50.4 Å². The second-order valence-electron chi connectivity index (χ2n) is 7.35. The first-order valence-corrected chi connectivity index (χ1v) is 10.5. The van der Waals surface area contributed by atoms with Crippen molar-refractivity contribution in [3.05, 3.63) is 69.2 Å². The van der Waals surface area contributed by atoms with Crippen LogP contribution in [0.15, 0.2) is 42.5 Å². The van der Waals surface area contributed by atoms with Crippen LogP contribution in [0.5, 0.6) is 0 Å². The number of hydrogen-bond donors (Lipinski definition) is 1. The molecule has 0 spiro atoms. The lowest BCUT2D eigenvalue weighted by molar-refractivity contribution is -0.119. The number of carbonyl (C=O) groups is 1. The predicted molar refractivity (Wildman–Crippen MR) is 114 cm³/mol. The maximum atomic E-state index is 12.2. The maximum Gasteiger partial charge on any atom is 0.230 e. The summed E-state index contributed by atoms with van der Waals surface area (Å²) < 4.78 is 0. The first kappa shape index (κ1) is 21.1. The molecule has 0 fully saturated rings. The normalized spacial score (nSPS) is 12.7. The van der Waals surface area contributed by atoms with Gasteiger partial charge >= 0.3 is 0 Å². The summed E-state index contributed by atoms with van der Waals surface area (Å²) in [5.41, 5.74) is 3.39. The summed E-state index contributed by atoms with van der Waals surface area (Å²) in [6, 6.07) is 13.8. The van der Waals surface area contributed by atoms with Crippen LogP contribution in [0.3, 0.4) is 0 Å². The fraction of sp³-hybridized carbons (Fsp3) is 0.381. The number of carbonyl (C=O) groups excluding carboxylic acids is 1. The van der Waals surface area contributed by atoms with Gasteiger partial charge in [-0.05, 0) is 41.2 Å². The van der Waals surface area contributed by atoms with Gasteiger partial charge in [-0.15, -0.1) is 11.8 Å². The molecule has 0 bridgehead atoms. The minimum Gasteiger partial charge on any atom is -0.349 e. The Bertz CT molecular complexity index is 733. The minimum atomic E-state index is -0.0268. The Hall–Kier alpha value is -1.16. The third-order valence-corrected chi connectivity index (χ3v) is 5.86. The quantitative estimate of drug-likeness (QED) is 0.597. The highest BCUT2D eigenvalue weighted by Gasteiger charge is 2.15. The van der Waals surface area contributed by atoms with Crippen LogP contribution in [0.2, 0.25) is 10.0 Å². The summed E-state index contributed by atoms with van der Waals surface area (Å²) in [7, 11) is 0. The zero-order valence-corrected chi connectivity index (χ0v) is 17.9. The van der Waals surface area contributed by atoms with Gasteiger partial charge in [-0.1, -0.05) is 74.3 Å². The van der Waals surface area contributed by atoms with E-state index in [9.17, 15) is 4.79 Å². The van der Waals surface area contributed by atoms with Crippen LogP contribution in [-0.4, -0.2) is 11.7 Å². The molecule has 0 heterocycles. The van der Waals surface area contributed by atoms with Gasteiger partial charge in [0, 0.05) is 15.8 Å². The number of thioether (sulfide) groups is 1. The summed E-state index contributed by atoms with van der Waals surface area (Å²) in [4.78, 5) is 12.2. The molecule has 5 heteroatoms. The molecular formula is C21H25Cl2NOS. The van der Waals surface area contributed by atoms with Gasteiger partial charge in [-0.25, -0.2) is 0 Å². The third kappa shape index (κ3) is 5.94. The van der Waals surface area contributed by atoms with Gasteiger partial charge in [0.1, 0.15) is 0 Å². The number of amides is 1. The molecule has 1 amide bonds. The van der Waals surface area contributed by atoms with E-state index in [1.54, 1.807) is 0 Å². The van der Waals surface area contributed by atoms with E-state index in [-0.39, 0.29) is 17.4 Å². The Kier molecular flexibility index (Phi) is 7.45. The molecule has 0 aliphatic rings. The molecule has 26 heavy (non-hydrogen) atoms. The number of rotatable bonds is 6. The number of hydrogen-bond acceptors (Lipinski definition) is 2. The average molecular weight is 410 g/mol. The zero-order valence-electron chi connectivity index (χ0n) is 15.6. The summed E-state index contributed by atoms with van der Waals surface area (Å²) >= 11 is 13.8. The van der Waals surface area contributed by atoms with Crippen molar-refractivity contribution in [2.45, 2.75) is 44.9 Å². The van der Waals surface area contributed by atoms with Crippen molar-refractivity contribution in [1.29, 1.82) is 0 Å². The maximum absolute atomic E-state index is 12.2. The minimum absolute atomic E-state index is 0.00516. The monoisotopic (exact) mass is 409 g/mol. The van der Waals surface area contributed by atoms with E-state index < -0.39 is 0 Å². The molecule has 140 valence electrons. The highest BCUT2D eigenvalue weighted by atomic mass is 35.5. The van der Waals surface area contributed by atoms with Crippen molar-refractivity contribution in [3.63, 3.8) is 0 Å². The molecule has 1 atom stereocenters. The largest absolute Gasteiger partial charge is 0.349 e. The van der Waals surface area contributed by atoms with E-state index in [0.717, 1.165) is 11.1 Å². The summed E-state index contributed by atoms with van der Waals surface area (Å²) in [6.07, 6.45) is 0.